The lowest BCUT2D eigenvalue weighted by Crippen LogP contribution is -2.46. The van der Waals surface area contributed by atoms with Crippen LogP contribution in [0.3, 0.4) is 0 Å². The van der Waals surface area contributed by atoms with Crippen LogP contribution in [0.5, 0.6) is 5.75 Å². The molecule has 1 aromatic heterocycles. The molecule has 0 saturated heterocycles. The van der Waals surface area contributed by atoms with Crippen LogP contribution in [0.2, 0.25) is 0 Å². The number of halogens is 1. The number of terminal acetylenes is 1. The Morgan fingerprint density at radius 3 is 2.21 bits per heavy atom. The summed E-state index contributed by atoms with van der Waals surface area (Å²) in [5, 5.41) is 8.07. The molecule has 3 unspecified atom stereocenters. The zero-order valence-electron chi connectivity index (χ0n) is 20.0. The Morgan fingerprint density at radius 1 is 1.21 bits per heavy atom. The van der Waals surface area contributed by atoms with Crippen molar-refractivity contribution in [3.8, 4) is 29.2 Å². The molecule has 1 heterocycles. The SMILES string of the molecule is C#CC(C(=O)Oc1c(-c2ccc(F)cc2)cc(C(C)(C)C)nc1C(C)C)(C(C)O)[P+](=O)OC. The second kappa shape index (κ2) is 10.1. The topological polar surface area (TPSA) is 85.7 Å². The molecular formula is C25H30FNO5P+. The molecule has 0 aliphatic heterocycles. The highest BCUT2D eigenvalue weighted by molar-refractivity contribution is 7.43. The molecule has 2 rings (SSSR count). The van der Waals surface area contributed by atoms with Gasteiger partial charge in [-0.1, -0.05) is 46.8 Å². The van der Waals surface area contributed by atoms with E-state index in [4.69, 9.17) is 20.7 Å². The molecule has 3 atom stereocenters. The first-order valence-corrected chi connectivity index (χ1v) is 11.7. The van der Waals surface area contributed by atoms with Crippen LogP contribution in [0.1, 0.15) is 58.8 Å². The van der Waals surface area contributed by atoms with E-state index in [1.54, 1.807) is 18.2 Å². The van der Waals surface area contributed by atoms with Crippen molar-refractivity contribution < 1.29 is 28.1 Å². The molecule has 0 amide bonds. The summed E-state index contributed by atoms with van der Waals surface area (Å²) in [6, 6.07) is 7.51. The zero-order chi connectivity index (χ0) is 25.1. The Balaban J connectivity index is 2.82. The first-order chi connectivity index (χ1) is 15.3. The van der Waals surface area contributed by atoms with Gasteiger partial charge in [0.2, 0.25) is 0 Å². The number of ether oxygens (including phenoxy) is 1. The predicted molar refractivity (Wildman–Crippen MR) is 126 cm³/mol. The molecular weight excluding hydrogens is 444 g/mol. The summed E-state index contributed by atoms with van der Waals surface area (Å²) in [5.74, 6) is 0.559. The number of nitrogens with zero attached hydrogens (tertiary/aromatic N) is 1. The summed E-state index contributed by atoms with van der Waals surface area (Å²) in [6.45, 7) is 11.0. The second-order valence-electron chi connectivity index (χ2n) is 9.10. The molecule has 8 heteroatoms. The van der Waals surface area contributed by atoms with E-state index in [1.807, 2.05) is 34.6 Å². The number of benzene rings is 1. The van der Waals surface area contributed by atoms with E-state index in [0.717, 1.165) is 12.8 Å². The second-order valence-corrected chi connectivity index (χ2v) is 10.7. The van der Waals surface area contributed by atoms with Gasteiger partial charge < -0.3 is 9.84 Å². The molecule has 33 heavy (non-hydrogen) atoms. The molecule has 6 nitrogen and oxygen atoms in total. The predicted octanol–water partition coefficient (Wildman–Crippen LogP) is 5.36. The molecule has 0 fully saturated rings. The van der Waals surface area contributed by atoms with Gasteiger partial charge in [0.25, 0.3) is 0 Å². The molecule has 0 aliphatic rings. The fourth-order valence-corrected chi connectivity index (χ4v) is 4.12. The highest BCUT2D eigenvalue weighted by Crippen LogP contribution is 2.45. The molecule has 0 radical (unpaired) electrons. The molecule has 0 saturated carbocycles. The molecule has 0 bridgehead atoms. The fourth-order valence-electron chi connectivity index (χ4n) is 3.22. The monoisotopic (exact) mass is 474 g/mol. The Morgan fingerprint density at radius 2 is 1.79 bits per heavy atom. The van der Waals surface area contributed by atoms with Crippen LogP contribution in [-0.4, -0.2) is 34.4 Å². The average molecular weight is 474 g/mol. The van der Waals surface area contributed by atoms with Crippen LogP contribution in [0, 0.1) is 18.2 Å². The fraction of sp³-hybridized carbons (Fsp3) is 0.440. The zero-order valence-corrected chi connectivity index (χ0v) is 20.9. The Hall–Kier alpha value is -2.65. The maximum absolute atomic E-state index is 13.6. The van der Waals surface area contributed by atoms with E-state index in [0.29, 0.717) is 16.8 Å². The quantitative estimate of drug-likeness (QED) is 0.331. The van der Waals surface area contributed by atoms with Gasteiger partial charge in [-0.25, -0.2) is 9.18 Å². The van der Waals surface area contributed by atoms with Crippen LogP contribution in [0.25, 0.3) is 11.1 Å². The summed E-state index contributed by atoms with van der Waals surface area (Å²) in [5.41, 5.74) is 1.97. The average Bonchev–Trinajstić information content (AvgIpc) is 2.73. The largest absolute Gasteiger partial charge is 0.542 e. The van der Waals surface area contributed by atoms with Crippen LogP contribution in [0.4, 0.5) is 4.39 Å². The Kier molecular flexibility index (Phi) is 8.13. The van der Waals surface area contributed by atoms with Crippen molar-refractivity contribution >= 4 is 14.0 Å². The number of aliphatic hydroxyl groups is 1. The van der Waals surface area contributed by atoms with Crippen molar-refractivity contribution in [2.45, 2.75) is 64.1 Å². The minimum absolute atomic E-state index is 0.106. The van der Waals surface area contributed by atoms with Crippen LogP contribution >= 0.6 is 8.03 Å². The van der Waals surface area contributed by atoms with Crippen LogP contribution in [0.15, 0.2) is 30.3 Å². The van der Waals surface area contributed by atoms with Gasteiger partial charge in [0, 0.05) is 16.7 Å². The number of esters is 1. The van der Waals surface area contributed by atoms with Crippen molar-refractivity contribution in [1.29, 1.82) is 0 Å². The lowest BCUT2D eigenvalue weighted by Gasteiger charge is -2.25. The lowest BCUT2D eigenvalue weighted by molar-refractivity contribution is -0.138. The molecule has 0 aliphatic carbocycles. The summed E-state index contributed by atoms with van der Waals surface area (Å²) >= 11 is 0. The highest BCUT2D eigenvalue weighted by Gasteiger charge is 2.63. The highest BCUT2D eigenvalue weighted by atomic mass is 31.1. The first-order valence-electron chi connectivity index (χ1n) is 10.5. The lowest BCUT2D eigenvalue weighted by atomic mass is 9.88. The third-order valence-electron chi connectivity index (χ3n) is 5.25. The van der Waals surface area contributed by atoms with E-state index in [-0.39, 0.29) is 17.1 Å². The number of hydrogen-bond acceptors (Lipinski definition) is 6. The number of rotatable bonds is 7. The first kappa shape index (κ1) is 26.6. The van der Waals surface area contributed by atoms with Crippen LogP contribution < -0.4 is 4.74 Å². The Bertz CT molecular complexity index is 1080. The van der Waals surface area contributed by atoms with E-state index >= 15 is 0 Å². The minimum atomic E-state index is -2.80. The van der Waals surface area contributed by atoms with Gasteiger partial charge in [-0.2, -0.15) is 0 Å². The maximum Gasteiger partial charge on any atom is 0.542 e. The molecule has 0 spiro atoms. The van der Waals surface area contributed by atoms with Crippen LogP contribution in [-0.2, 0) is 19.3 Å². The molecule has 2 aromatic rings. The van der Waals surface area contributed by atoms with Gasteiger partial charge in [0.1, 0.15) is 11.9 Å². The van der Waals surface area contributed by atoms with Gasteiger partial charge in [0.05, 0.1) is 12.8 Å². The van der Waals surface area contributed by atoms with E-state index in [2.05, 4.69) is 5.92 Å². The van der Waals surface area contributed by atoms with Gasteiger partial charge in [-0.15, -0.1) is 10.9 Å². The molecule has 1 aromatic carbocycles. The summed E-state index contributed by atoms with van der Waals surface area (Å²) in [6.07, 6.45) is 4.04. The minimum Gasteiger partial charge on any atom is -0.419 e. The van der Waals surface area contributed by atoms with E-state index in [9.17, 15) is 18.9 Å². The summed E-state index contributed by atoms with van der Waals surface area (Å²) < 4.78 is 36.8. The van der Waals surface area contributed by atoms with Crippen molar-refractivity contribution in [2.24, 2.45) is 0 Å². The number of aromatic nitrogens is 1. The smallest absolute Gasteiger partial charge is 0.419 e. The van der Waals surface area contributed by atoms with E-state index in [1.165, 1.54) is 19.1 Å². The van der Waals surface area contributed by atoms with Crippen molar-refractivity contribution in [3.05, 3.63) is 47.5 Å². The van der Waals surface area contributed by atoms with E-state index < -0.39 is 31.1 Å². The van der Waals surface area contributed by atoms with Crippen molar-refractivity contribution in [1.82, 2.24) is 4.98 Å². The van der Waals surface area contributed by atoms with Crippen molar-refractivity contribution in [2.75, 3.05) is 7.11 Å². The standard InChI is InChI=1S/C25H30FNO5P/c1-9-25(16(4)28,33(30)31-8)23(29)32-22-19(17-10-12-18(26)13-11-17)14-20(24(5,6)7)27-21(22)15(2)3/h1,10-16,28H,2-8H3/q+1. The van der Waals surface area contributed by atoms with Gasteiger partial charge in [-0.05, 0) is 47.1 Å². The number of hydrogen-bond donors (Lipinski definition) is 1. The number of pyridine rings is 1. The van der Waals surface area contributed by atoms with Gasteiger partial charge >= 0.3 is 19.2 Å². The maximum atomic E-state index is 13.6. The third kappa shape index (κ3) is 5.30. The summed E-state index contributed by atoms with van der Waals surface area (Å²) in [4.78, 5) is 18.1. The molecule has 176 valence electrons. The van der Waals surface area contributed by atoms with Gasteiger partial charge in [-0.3, -0.25) is 4.98 Å². The molecule has 1 N–H and O–H groups in total. The third-order valence-corrected chi connectivity index (χ3v) is 6.85. The number of aliphatic hydroxyl groups excluding tert-OH is 1. The normalized spacial score (nSPS) is 14.9. The Labute approximate surface area is 195 Å². The number of carbonyl (C=O) groups is 1. The summed E-state index contributed by atoms with van der Waals surface area (Å²) in [7, 11) is -1.67. The van der Waals surface area contributed by atoms with Gasteiger partial charge in [0.15, 0.2) is 5.75 Å². The number of carbonyl (C=O) groups excluding carboxylic acids is 1. The van der Waals surface area contributed by atoms with Crippen molar-refractivity contribution in [3.63, 3.8) is 0 Å².